The lowest BCUT2D eigenvalue weighted by Crippen LogP contribution is -1.85. The molecule has 0 N–H and O–H groups in total. The monoisotopic (exact) mass is 562 g/mol. The molecular formula is C31H63I. The summed E-state index contributed by atoms with van der Waals surface area (Å²) < 4.78 is 1.34. The summed E-state index contributed by atoms with van der Waals surface area (Å²) in [6, 6.07) is 0. The molecule has 0 aromatic rings. The van der Waals surface area contributed by atoms with Crippen molar-refractivity contribution in [2.24, 2.45) is 0 Å². The first kappa shape index (κ1) is 32.7. The largest absolute Gasteiger partial charge is 0.0864 e. The molecule has 32 heavy (non-hydrogen) atoms. The molecule has 0 aromatic carbocycles. The summed E-state index contributed by atoms with van der Waals surface area (Å²) in [6.07, 6.45) is 43.0. The fourth-order valence-corrected chi connectivity index (χ4v) is 5.48. The highest BCUT2D eigenvalue weighted by Crippen LogP contribution is 2.16. The predicted octanol–water partition coefficient (Wildman–Crippen LogP) is 12.8. The van der Waals surface area contributed by atoms with Gasteiger partial charge in [0.05, 0.1) is 0 Å². The molecule has 0 aliphatic rings. The van der Waals surface area contributed by atoms with Crippen LogP contribution in [0.15, 0.2) is 0 Å². The van der Waals surface area contributed by atoms with Gasteiger partial charge in [0.15, 0.2) is 0 Å². The van der Waals surface area contributed by atoms with Gasteiger partial charge in [0.1, 0.15) is 0 Å². The van der Waals surface area contributed by atoms with Gasteiger partial charge in [-0.25, -0.2) is 0 Å². The molecule has 0 aliphatic carbocycles. The minimum atomic E-state index is 1.34. The fraction of sp³-hybridized carbons (Fsp3) is 1.00. The molecule has 0 rings (SSSR count). The Bertz CT molecular complexity index is 271. The van der Waals surface area contributed by atoms with Gasteiger partial charge in [-0.15, -0.1) is 0 Å². The Hall–Kier alpha value is 0.730. The van der Waals surface area contributed by atoms with Crippen LogP contribution < -0.4 is 0 Å². The van der Waals surface area contributed by atoms with Gasteiger partial charge < -0.3 is 0 Å². The van der Waals surface area contributed by atoms with E-state index in [0.29, 0.717) is 0 Å². The molecule has 0 radical (unpaired) electrons. The lowest BCUT2D eigenvalue weighted by molar-refractivity contribution is 0.514. The van der Waals surface area contributed by atoms with Crippen LogP contribution in [0.3, 0.4) is 0 Å². The summed E-state index contributed by atoms with van der Waals surface area (Å²) in [7, 11) is 0. The van der Waals surface area contributed by atoms with Crippen molar-refractivity contribution in [1.29, 1.82) is 0 Å². The van der Waals surface area contributed by atoms with Crippen LogP contribution >= 0.6 is 22.6 Å². The van der Waals surface area contributed by atoms with E-state index in [2.05, 4.69) is 29.5 Å². The molecule has 0 nitrogen and oxygen atoms in total. The molecule has 194 valence electrons. The first-order valence-electron chi connectivity index (χ1n) is 15.5. The van der Waals surface area contributed by atoms with Crippen molar-refractivity contribution < 1.29 is 0 Å². The van der Waals surface area contributed by atoms with Crippen LogP contribution in [0.25, 0.3) is 0 Å². The topological polar surface area (TPSA) is 0 Å². The Kier molecular flexibility index (Phi) is 32.5. The third-order valence-electron chi connectivity index (χ3n) is 7.24. The van der Waals surface area contributed by atoms with Crippen molar-refractivity contribution >= 4 is 22.6 Å². The van der Waals surface area contributed by atoms with Crippen LogP contribution in [0.4, 0.5) is 0 Å². The Balaban J connectivity index is 2.98. The Morgan fingerprint density at radius 3 is 0.562 bits per heavy atom. The van der Waals surface area contributed by atoms with E-state index >= 15 is 0 Å². The molecule has 0 saturated heterocycles. The van der Waals surface area contributed by atoms with Crippen molar-refractivity contribution in [1.82, 2.24) is 0 Å². The maximum absolute atomic E-state index is 2.50. The van der Waals surface area contributed by atoms with E-state index in [4.69, 9.17) is 0 Å². The highest BCUT2D eigenvalue weighted by molar-refractivity contribution is 14.1. The maximum Gasteiger partial charge on any atom is -0.000473 e. The molecule has 0 fully saturated rings. The van der Waals surface area contributed by atoms with Crippen LogP contribution in [0.1, 0.15) is 193 Å². The second kappa shape index (κ2) is 31.7. The van der Waals surface area contributed by atoms with Gasteiger partial charge in [-0.3, -0.25) is 0 Å². The third-order valence-corrected chi connectivity index (χ3v) is 8.00. The summed E-state index contributed by atoms with van der Waals surface area (Å²) >= 11 is 2.50. The van der Waals surface area contributed by atoms with Crippen LogP contribution in [0.2, 0.25) is 0 Å². The second-order valence-electron chi connectivity index (χ2n) is 10.6. The molecule has 0 amide bonds. The third kappa shape index (κ3) is 30.7. The van der Waals surface area contributed by atoms with Crippen molar-refractivity contribution in [3.63, 3.8) is 0 Å². The molecule has 0 saturated carbocycles. The molecule has 0 heterocycles. The molecular weight excluding hydrogens is 499 g/mol. The van der Waals surface area contributed by atoms with E-state index < -0.39 is 0 Å². The van der Waals surface area contributed by atoms with E-state index in [9.17, 15) is 0 Å². The zero-order chi connectivity index (χ0) is 23.2. The van der Waals surface area contributed by atoms with Gasteiger partial charge in [-0.05, 0) is 10.8 Å². The van der Waals surface area contributed by atoms with Crippen LogP contribution in [0.5, 0.6) is 0 Å². The van der Waals surface area contributed by atoms with Gasteiger partial charge in [0, 0.05) is 0 Å². The van der Waals surface area contributed by atoms with E-state index in [-0.39, 0.29) is 0 Å². The van der Waals surface area contributed by atoms with Crippen molar-refractivity contribution in [3.05, 3.63) is 0 Å². The van der Waals surface area contributed by atoms with Gasteiger partial charge in [0.2, 0.25) is 0 Å². The molecule has 0 spiro atoms. The van der Waals surface area contributed by atoms with E-state index in [1.165, 1.54) is 191 Å². The van der Waals surface area contributed by atoms with E-state index in [1.54, 1.807) is 0 Å². The molecule has 0 aliphatic heterocycles. The van der Waals surface area contributed by atoms with Gasteiger partial charge in [0.25, 0.3) is 0 Å². The van der Waals surface area contributed by atoms with E-state index in [1.807, 2.05) is 0 Å². The zero-order valence-electron chi connectivity index (χ0n) is 22.6. The van der Waals surface area contributed by atoms with Crippen LogP contribution in [0, 0.1) is 0 Å². The van der Waals surface area contributed by atoms with Crippen molar-refractivity contribution in [3.8, 4) is 0 Å². The zero-order valence-corrected chi connectivity index (χ0v) is 24.7. The van der Waals surface area contributed by atoms with Crippen molar-refractivity contribution in [2.75, 3.05) is 4.43 Å². The Morgan fingerprint density at radius 2 is 0.406 bits per heavy atom. The average Bonchev–Trinajstić information content (AvgIpc) is 2.81. The summed E-state index contributed by atoms with van der Waals surface area (Å²) in [5.74, 6) is 0. The average molecular weight is 563 g/mol. The molecule has 0 unspecified atom stereocenters. The number of rotatable bonds is 29. The van der Waals surface area contributed by atoms with Crippen LogP contribution in [-0.4, -0.2) is 4.43 Å². The lowest BCUT2D eigenvalue weighted by atomic mass is 10.0. The van der Waals surface area contributed by atoms with E-state index in [0.717, 1.165) is 0 Å². The molecule has 0 aromatic heterocycles. The SMILES string of the molecule is CCCCCCCCCCCCCCCCCCCCCCCCCCCCCCCI. The highest BCUT2D eigenvalue weighted by Gasteiger charge is 1.96. The molecule has 0 atom stereocenters. The molecule has 1 heteroatoms. The summed E-state index contributed by atoms with van der Waals surface area (Å²) in [5.41, 5.74) is 0. The minimum absolute atomic E-state index is 1.34. The first-order valence-corrected chi connectivity index (χ1v) is 17.0. The number of hydrogen-bond acceptors (Lipinski definition) is 0. The number of alkyl halides is 1. The number of hydrogen-bond donors (Lipinski definition) is 0. The van der Waals surface area contributed by atoms with Gasteiger partial charge in [-0.2, -0.15) is 0 Å². The van der Waals surface area contributed by atoms with Gasteiger partial charge in [-0.1, -0.05) is 209 Å². The Labute approximate surface area is 219 Å². The smallest absolute Gasteiger partial charge is 0.000473 e. The minimum Gasteiger partial charge on any atom is -0.0864 e. The predicted molar refractivity (Wildman–Crippen MR) is 158 cm³/mol. The quantitative estimate of drug-likeness (QED) is 0.0483. The summed E-state index contributed by atoms with van der Waals surface area (Å²) in [5, 5.41) is 0. The first-order chi connectivity index (χ1) is 15.9. The second-order valence-corrected chi connectivity index (χ2v) is 11.7. The summed E-state index contributed by atoms with van der Waals surface area (Å²) in [6.45, 7) is 2.31. The standard InChI is InChI=1S/C31H63I/c1-2-3-4-5-6-7-8-9-10-11-12-13-14-15-16-17-18-19-20-21-22-23-24-25-26-27-28-29-30-31-32/h2-31H2,1H3. The normalized spacial score (nSPS) is 11.4. The number of halogens is 1. The van der Waals surface area contributed by atoms with Crippen LogP contribution in [-0.2, 0) is 0 Å². The van der Waals surface area contributed by atoms with Crippen molar-refractivity contribution in [2.45, 2.75) is 193 Å². The fourth-order valence-electron chi connectivity index (χ4n) is 4.94. The lowest BCUT2D eigenvalue weighted by Gasteiger charge is -2.04. The van der Waals surface area contributed by atoms with Gasteiger partial charge >= 0.3 is 0 Å². The maximum atomic E-state index is 2.50. The molecule has 0 bridgehead atoms. The summed E-state index contributed by atoms with van der Waals surface area (Å²) in [4.78, 5) is 0. The number of unbranched alkanes of at least 4 members (excludes halogenated alkanes) is 28. The Morgan fingerprint density at radius 1 is 0.250 bits per heavy atom. The highest BCUT2D eigenvalue weighted by atomic mass is 127.